The molecule has 1 amide bonds. The van der Waals surface area contributed by atoms with E-state index < -0.39 is 5.91 Å². The van der Waals surface area contributed by atoms with E-state index in [-0.39, 0.29) is 11.3 Å². The minimum absolute atomic E-state index is 0.00738. The zero-order valence-electron chi connectivity index (χ0n) is 13.8. The molecule has 0 saturated carbocycles. The van der Waals surface area contributed by atoms with Crippen LogP contribution in [0.25, 0.3) is 6.08 Å². The number of phenols is 1. The van der Waals surface area contributed by atoms with Crippen molar-refractivity contribution in [3.05, 3.63) is 76.1 Å². The highest BCUT2D eigenvalue weighted by molar-refractivity contribution is 8.01. The number of anilines is 1. The van der Waals surface area contributed by atoms with Gasteiger partial charge in [0.25, 0.3) is 5.91 Å². The molecule has 0 radical (unpaired) electrons. The van der Waals surface area contributed by atoms with Crippen LogP contribution >= 0.6 is 34.7 Å². The van der Waals surface area contributed by atoms with Crippen LogP contribution in [0.4, 0.5) is 5.69 Å². The number of phenolic OH excluding ortho intramolecular Hbond substituents is 1. The average molecular weight is 413 g/mol. The van der Waals surface area contributed by atoms with Crippen molar-refractivity contribution >= 4 is 52.4 Å². The van der Waals surface area contributed by atoms with Crippen molar-refractivity contribution in [1.82, 2.24) is 0 Å². The van der Waals surface area contributed by atoms with Gasteiger partial charge in [0, 0.05) is 20.5 Å². The third-order valence-corrected chi connectivity index (χ3v) is 5.84. The number of halogens is 1. The van der Waals surface area contributed by atoms with Crippen molar-refractivity contribution in [3.8, 4) is 11.8 Å². The fraction of sp³-hybridized carbons (Fsp3) is 0. The number of thiophene rings is 1. The van der Waals surface area contributed by atoms with Crippen molar-refractivity contribution in [2.45, 2.75) is 9.10 Å². The Balaban J connectivity index is 1.71. The van der Waals surface area contributed by atoms with Gasteiger partial charge in [-0.2, -0.15) is 5.26 Å². The van der Waals surface area contributed by atoms with Crippen LogP contribution in [-0.4, -0.2) is 11.0 Å². The summed E-state index contributed by atoms with van der Waals surface area (Å²) in [5.74, 6) is -0.392. The summed E-state index contributed by atoms with van der Waals surface area (Å²) in [5.41, 5.74) is 0.511. The number of nitrogens with one attached hydrogen (secondary N) is 1. The van der Waals surface area contributed by atoms with Gasteiger partial charge in [0.05, 0.1) is 4.21 Å². The van der Waals surface area contributed by atoms with E-state index in [0.29, 0.717) is 10.7 Å². The molecule has 0 saturated heterocycles. The van der Waals surface area contributed by atoms with Gasteiger partial charge in [-0.05, 0) is 66.7 Å². The number of aromatic hydroxyl groups is 1. The Morgan fingerprint density at radius 1 is 1.11 bits per heavy atom. The largest absolute Gasteiger partial charge is 0.508 e. The summed E-state index contributed by atoms with van der Waals surface area (Å²) in [6.45, 7) is 0. The van der Waals surface area contributed by atoms with Crippen molar-refractivity contribution in [1.29, 1.82) is 5.26 Å². The normalized spacial score (nSPS) is 11.0. The number of carbonyl (C=O) groups is 1. The minimum Gasteiger partial charge on any atom is -0.508 e. The Labute approximate surface area is 169 Å². The molecule has 0 bridgehead atoms. The second-order valence-corrected chi connectivity index (χ2v) is 8.31. The molecule has 4 nitrogen and oxygen atoms in total. The van der Waals surface area contributed by atoms with Crippen molar-refractivity contribution < 1.29 is 9.90 Å². The van der Waals surface area contributed by atoms with Gasteiger partial charge in [0.1, 0.15) is 17.4 Å². The lowest BCUT2D eigenvalue weighted by molar-refractivity contribution is -0.112. The van der Waals surface area contributed by atoms with Gasteiger partial charge in [0.15, 0.2) is 0 Å². The van der Waals surface area contributed by atoms with Gasteiger partial charge in [-0.25, -0.2) is 0 Å². The number of nitriles is 1. The average Bonchev–Trinajstić information content (AvgIpc) is 3.10. The van der Waals surface area contributed by atoms with E-state index in [4.69, 9.17) is 11.6 Å². The Morgan fingerprint density at radius 2 is 1.81 bits per heavy atom. The second kappa shape index (κ2) is 8.78. The molecule has 1 heterocycles. The number of nitrogens with zero attached hydrogens (tertiary/aromatic N) is 1. The highest BCUT2D eigenvalue weighted by atomic mass is 35.5. The summed E-state index contributed by atoms with van der Waals surface area (Å²) in [6, 6.07) is 19.3. The summed E-state index contributed by atoms with van der Waals surface area (Å²) in [4.78, 5) is 14.2. The molecular formula is C20H13ClN2O2S2. The van der Waals surface area contributed by atoms with Crippen molar-refractivity contribution in [2.75, 3.05) is 5.32 Å². The first-order chi connectivity index (χ1) is 13.0. The molecule has 0 aliphatic heterocycles. The highest BCUT2D eigenvalue weighted by Gasteiger charge is 2.11. The third kappa shape index (κ3) is 5.38. The van der Waals surface area contributed by atoms with Crippen molar-refractivity contribution in [3.63, 3.8) is 0 Å². The van der Waals surface area contributed by atoms with E-state index >= 15 is 0 Å². The van der Waals surface area contributed by atoms with E-state index in [1.54, 1.807) is 30.0 Å². The summed E-state index contributed by atoms with van der Waals surface area (Å²) in [6.07, 6.45) is 1.56. The molecule has 134 valence electrons. The first-order valence-corrected chi connectivity index (χ1v) is 9.80. The second-order valence-electron chi connectivity index (χ2n) is 5.38. The quantitative estimate of drug-likeness (QED) is 0.315. The van der Waals surface area contributed by atoms with Crippen LogP contribution in [0.5, 0.6) is 5.75 Å². The maximum atomic E-state index is 12.3. The summed E-state index contributed by atoms with van der Waals surface area (Å²) in [7, 11) is 0. The van der Waals surface area contributed by atoms with Gasteiger partial charge in [0.2, 0.25) is 0 Å². The number of hydrogen-bond donors (Lipinski definition) is 2. The van der Waals surface area contributed by atoms with Crippen LogP contribution in [0.1, 0.15) is 4.88 Å². The monoisotopic (exact) mass is 412 g/mol. The van der Waals surface area contributed by atoms with E-state index in [9.17, 15) is 15.2 Å². The highest BCUT2D eigenvalue weighted by Crippen LogP contribution is 2.34. The van der Waals surface area contributed by atoms with E-state index in [0.717, 1.165) is 14.0 Å². The van der Waals surface area contributed by atoms with E-state index in [2.05, 4.69) is 5.32 Å². The number of hydrogen-bond acceptors (Lipinski definition) is 5. The Kier molecular flexibility index (Phi) is 6.20. The lowest BCUT2D eigenvalue weighted by atomic mass is 10.2. The summed E-state index contributed by atoms with van der Waals surface area (Å²) >= 11 is 8.97. The molecule has 3 aromatic rings. The molecule has 3 rings (SSSR count). The molecular weight excluding hydrogens is 400 g/mol. The van der Waals surface area contributed by atoms with Gasteiger partial charge >= 0.3 is 0 Å². The van der Waals surface area contributed by atoms with Gasteiger partial charge in [-0.15, -0.1) is 11.3 Å². The number of benzene rings is 2. The molecule has 0 aliphatic rings. The van der Waals surface area contributed by atoms with Crippen LogP contribution in [0.3, 0.4) is 0 Å². The Morgan fingerprint density at radius 3 is 2.48 bits per heavy atom. The molecule has 0 spiro atoms. The molecule has 0 aliphatic carbocycles. The molecule has 2 N–H and O–H groups in total. The molecule has 0 fully saturated rings. The number of rotatable bonds is 5. The predicted octanol–water partition coefficient (Wildman–Crippen LogP) is 5.80. The topological polar surface area (TPSA) is 73.1 Å². The zero-order chi connectivity index (χ0) is 19.2. The van der Waals surface area contributed by atoms with Gasteiger partial charge in [-0.3, -0.25) is 4.79 Å². The standard InChI is InChI=1S/C20H13ClN2O2S2/c21-14-1-7-17(8-2-14)26-19-10-9-18(27-19)11-13(12-22)20(25)23-15-3-5-16(24)6-4-15/h1-11,24H,(H,23,25)/b13-11-. The zero-order valence-corrected chi connectivity index (χ0v) is 16.2. The predicted molar refractivity (Wildman–Crippen MR) is 110 cm³/mol. The SMILES string of the molecule is N#C/C(=C/c1ccc(Sc2ccc(Cl)cc2)s1)C(=O)Nc1ccc(O)cc1. The summed E-state index contributed by atoms with van der Waals surface area (Å²) in [5, 5.41) is 21.9. The van der Waals surface area contributed by atoms with Crippen LogP contribution in [0.2, 0.25) is 5.02 Å². The molecule has 2 aromatic carbocycles. The molecule has 0 atom stereocenters. The Hall–Kier alpha value is -2.72. The maximum absolute atomic E-state index is 12.3. The molecule has 1 aromatic heterocycles. The minimum atomic E-state index is -0.497. The number of amides is 1. The van der Waals surface area contributed by atoms with Crippen LogP contribution in [0, 0.1) is 11.3 Å². The fourth-order valence-corrected chi connectivity index (χ4v) is 4.31. The van der Waals surface area contributed by atoms with Crippen LogP contribution in [-0.2, 0) is 4.79 Å². The van der Waals surface area contributed by atoms with Gasteiger partial charge in [-0.1, -0.05) is 23.4 Å². The third-order valence-electron chi connectivity index (χ3n) is 3.41. The first kappa shape index (κ1) is 19.1. The molecule has 7 heteroatoms. The molecule has 0 unspecified atom stereocenters. The molecule has 27 heavy (non-hydrogen) atoms. The first-order valence-electron chi connectivity index (χ1n) is 7.79. The maximum Gasteiger partial charge on any atom is 0.266 e. The summed E-state index contributed by atoms with van der Waals surface area (Å²) < 4.78 is 1.04. The van der Waals surface area contributed by atoms with Crippen molar-refractivity contribution in [2.24, 2.45) is 0 Å². The fourth-order valence-electron chi connectivity index (χ4n) is 2.12. The van der Waals surface area contributed by atoms with E-state index in [1.165, 1.54) is 23.5 Å². The number of carbonyl (C=O) groups excluding carboxylic acids is 1. The lowest BCUT2D eigenvalue weighted by Crippen LogP contribution is -2.13. The van der Waals surface area contributed by atoms with Crippen LogP contribution in [0.15, 0.2) is 75.3 Å². The van der Waals surface area contributed by atoms with Crippen LogP contribution < -0.4 is 5.32 Å². The Bertz CT molecular complexity index is 1020. The van der Waals surface area contributed by atoms with E-state index in [1.807, 2.05) is 42.5 Å². The lowest BCUT2D eigenvalue weighted by Gasteiger charge is -2.03. The van der Waals surface area contributed by atoms with Gasteiger partial charge < -0.3 is 10.4 Å². The smallest absolute Gasteiger partial charge is 0.266 e.